The van der Waals surface area contributed by atoms with Gasteiger partial charge in [0.2, 0.25) is 0 Å². The molecule has 104 valence electrons. The van der Waals surface area contributed by atoms with Gasteiger partial charge < -0.3 is 9.84 Å². The molecule has 5 heteroatoms. The minimum atomic E-state index is -4.26. The Morgan fingerprint density at radius 2 is 1.83 bits per heavy atom. The van der Waals surface area contributed by atoms with Crippen molar-refractivity contribution in [1.82, 2.24) is 0 Å². The smallest absolute Gasteiger partial charge is 0.390 e. The molecule has 1 saturated heterocycles. The fourth-order valence-corrected chi connectivity index (χ4v) is 2.10. The van der Waals surface area contributed by atoms with Gasteiger partial charge in [-0.25, -0.2) is 0 Å². The highest BCUT2D eigenvalue weighted by Crippen LogP contribution is 2.38. The van der Waals surface area contributed by atoms with E-state index in [1.807, 2.05) is 13.8 Å². The van der Waals surface area contributed by atoms with Crippen LogP contribution in [-0.2, 0) is 4.74 Å². The number of ether oxygens (including phenoxy) is 1. The zero-order valence-corrected chi connectivity index (χ0v) is 10.6. The second-order valence-electron chi connectivity index (χ2n) is 4.23. The summed E-state index contributed by atoms with van der Waals surface area (Å²) in [6.45, 7) is 4.46. The third kappa shape index (κ3) is 3.85. The van der Waals surface area contributed by atoms with Crippen LogP contribution in [0.3, 0.4) is 0 Å². The van der Waals surface area contributed by atoms with E-state index in [2.05, 4.69) is 0 Å². The molecule has 2 atom stereocenters. The molecule has 0 aromatic carbocycles. The van der Waals surface area contributed by atoms with Gasteiger partial charge in [-0.05, 0) is 12.8 Å². The van der Waals surface area contributed by atoms with Gasteiger partial charge in [0.25, 0.3) is 0 Å². The van der Waals surface area contributed by atoms with Crippen molar-refractivity contribution in [3.8, 4) is 0 Å². The zero-order chi connectivity index (χ0) is 13.8. The molecule has 1 aliphatic carbocycles. The molecule has 1 fully saturated rings. The summed E-state index contributed by atoms with van der Waals surface area (Å²) < 4.78 is 42.6. The van der Waals surface area contributed by atoms with E-state index >= 15 is 0 Å². The molecule has 0 aromatic heterocycles. The Morgan fingerprint density at radius 3 is 2.44 bits per heavy atom. The number of aliphatic hydroxyl groups excluding tert-OH is 1. The third-order valence-corrected chi connectivity index (χ3v) is 2.95. The van der Waals surface area contributed by atoms with E-state index in [0.717, 1.165) is 11.6 Å². The summed E-state index contributed by atoms with van der Waals surface area (Å²) in [5.41, 5.74) is 0.347. The second-order valence-corrected chi connectivity index (χ2v) is 4.23. The first-order valence-electron chi connectivity index (χ1n) is 6.19. The first-order valence-corrected chi connectivity index (χ1v) is 6.19. The molecule has 0 radical (unpaired) electrons. The van der Waals surface area contributed by atoms with Gasteiger partial charge in [-0.2, -0.15) is 13.2 Å². The zero-order valence-electron chi connectivity index (χ0n) is 10.6. The van der Waals surface area contributed by atoms with E-state index in [1.165, 1.54) is 6.08 Å². The maximum atomic E-state index is 12.5. The Hall–Kier alpha value is -0.810. The van der Waals surface area contributed by atoms with Crippen LogP contribution in [0.5, 0.6) is 0 Å². The number of rotatable bonds is 0. The van der Waals surface area contributed by atoms with Gasteiger partial charge in [0.05, 0.1) is 19.3 Å². The Morgan fingerprint density at radius 1 is 1.17 bits per heavy atom. The predicted molar refractivity (Wildman–Crippen MR) is 63.1 cm³/mol. The van der Waals surface area contributed by atoms with Gasteiger partial charge >= 0.3 is 6.18 Å². The maximum Gasteiger partial charge on any atom is 0.412 e. The van der Waals surface area contributed by atoms with Crippen molar-refractivity contribution in [2.45, 2.75) is 39.0 Å². The lowest BCUT2D eigenvalue weighted by Crippen LogP contribution is -2.21. The highest BCUT2D eigenvalue weighted by molar-refractivity contribution is 5.30. The first kappa shape index (κ1) is 15.2. The number of halogens is 3. The molecule has 2 nitrogen and oxygen atoms in total. The van der Waals surface area contributed by atoms with E-state index < -0.39 is 17.9 Å². The van der Waals surface area contributed by atoms with Crippen LogP contribution in [0.1, 0.15) is 26.7 Å². The van der Waals surface area contributed by atoms with Crippen LogP contribution in [0.25, 0.3) is 0 Å². The standard InChI is InChI=1S/C11H13F3O2.C2H6/c12-11(13,14)9-2-1-7-4-10(15)6-16-5-8(7)3-9;1-2/h1-2,8,10,15H,3-6H2;1-2H3. The topological polar surface area (TPSA) is 29.5 Å². The van der Waals surface area contributed by atoms with Crippen molar-refractivity contribution in [3.05, 3.63) is 23.3 Å². The molecule has 0 saturated carbocycles. The molecule has 1 N–H and O–H groups in total. The van der Waals surface area contributed by atoms with Gasteiger partial charge in [0.1, 0.15) is 0 Å². The summed E-state index contributed by atoms with van der Waals surface area (Å²) >= 11 is 0. The summed E-state index contributed by atoms with van der Waals surface area (Å²) in [7, 11) is 0. The number of hydrogen-bond donors (Lipinski definition) is 1. The van der Waals surface area contributed by atoms with E-state index in [1.54, 1.807) is 0 Å². The van der Waals surface area contributed by atoms with Gasteiger partial charge in [0.15, 0.2) is 0 Å². The fraction of sp³-hybridized carbons (Fsp3) is 0.692. The molecule has 2 rings (SSSR count). The number of alkyl halides is 3. The number of aliphatic hydroxyl groups is 1. The summed E-state index contributed by atoms with van der Waals surface area (Å²) in [6.07, 6.45) is -1.89. The van der Waals surface area contributed by atoms with Crippen molar-refractivity contribution in [3.63, 3.8) is 0 Å². The van der Waals surface area contributed by atoms with Crippen LogP contribution in [-0.4, -0.2) is 30.6 Å². The fourth-order valence-electron chi connectivity index (χ4n) is 2.10. The molecule has 0 aromatic rings. The van der Waals surface area contributed by atoms with Crippen LogP contribution < -0.4 is 0 Å². The van der Waals surface area contributed by atoms with Crippen molar-refractivity contribution in [2.24, 2.45) is 5.92 Å². The molecular formula is C13H19F3O2. The summed E-state index contributed by atoms with van der Waals surface area (Å²) in [4.78, 5) is 0. The Bertz CT molecular complexity index is 332. The highest BCUT2D eigenvalue weighted by atomic mass is 19.4. The molecule has 2 unspecified atom stereocenters. The summed E-state index contributed by atoms with van der Waals surface area (Å²) in [5, 5.41) is 9.45. The largest absolute Gasteiger partial charge is 0.412 e. The number of fused-ring (bicyclic) bond motifs is 1. The average molecular weight is 264 g/mol. The van der Waals surface area contributed by atoms with Crippen LogP contribution in [0.15, 0.2) is 23.3 Å². The minimum Gasteiger partial charge on any atom is -0.390 e. The Balaban J connectivity index is 0.000000771. The van der Waals surface area contributed by atoms with Gasteiger partial charge in [0, 0.05) is 11.5 Å². The normalized spacial score (nSPS) is 28.1. The van der Waals surface area contributed by atoms with Crippen LogP contribution in [0.2, 0.25) is 0 Å². The predicted octanol–water partition coefficient (Wildman–Crippen LogP) is 3.23. The molecular weight excluding hydrogens is 245 g/mol. The highest BCUT2D eigenvalue weighted by Gasteiger charge is 2.37. The van der Waals surface area contributed by atoms with Crippen molar-refractivity contribution >= 4 is 0 Å². The first-order chi connectivity index (χ1) is 8.47. The molecule has 18 heavy (non-hydrogen) atoms. The second kappa shape index (κ2) is 6.38. The lowest BCUT2D eigenvalue weighted by atomic mass is 9.85. The van der Waals surface area contributed by atoms with Crippen molar-refractivity contribution in [2.75, 3.05) is 13.2 Å². The van der Waals surface area contributed by atoms with Crippen molar-refractivity contribution in [1.29, 1.82) is 0 Å². The quantitative estimate of drug-likeness (QED) is 0.728. The van der Waals surface area contributed by atoms with Gasteiger partial charge in [-0.1, -0.05) is 31.6 Å². The molecule has 1 heterocycles. The number of hydrogen-bond acceptors (Lipinski definition) is 2. The summed E-state index contributed by atoms with van der Waals surface area (Å²) in [5.74, 6) is -0.237. The van der Waals surface area contributed by atoms with E-state index in [4.69, 9.17) is 4.74 Å². The lowest BCUT2D eigenvalue weighted by molar-refractivity contribution is -0.0958. The molecule has 0 bridgehead atoms. The average Bonchev–Trinajstić information content (AvgIpc) is 2.50. The van der Waals surface area contributed by atoms with E-state index in [9.17, 15) is 18.3 Å². The Labute approximate surface area is 105 Å². The molecule has 1 aliphatic heterocycles. The number of allylic oxidation sites excluding steroid dienone is 3. The monoisotopic (exact) mass is 264 g/mol. The molecule has 0 amide bonds. The summed E-state index contributed by atoms with van der Waals surface area (Å²) in [6, 6.07) is 0. The van der Waals surface area contributed by atoms with Crippen LogP contribution >= 0.6 is 0 Å². The maximum absolute atomic E-state index is 12.5. The minimum absolute atomic E-state index is 0.0396. The van der Waals surface area contributed by atoms with Crippen molar-refractivity contribution < 1.29 is 23.0 Å². The molecule has 0 spiro atoms. The third-order valence-electron chi connectivity index (χ3n) is 2.95. The van der Waals surface area contributed by atoms with Gasteiger partial charge in [-0.3, -0.25) is 0 Å². The van der Waals surface area contributed by atoms with E-state index in [0.29, 0.717) is 6.42 Å². The Kier molecular flexibility index (Phi) is 5.41. The van der Waals surface area contributed by atoms with Crippen LogP contribution in [0.4, 0.5) is 13.2 Å². The lowest BCUT2D eigenvalue weighted by Gasteiger charge is -2.24. The van der Waals surface area contributed by atoms with Gasteiger partial charge in [-0.15, -0.1) is 0 Å². The molecule has 2 aliphatic rings. The van der Waals surface area contributed by atoms with E-state index in [-0.39, 0.29) is 25.6 Å². The van der Waals surface area contributed by atoms with Crippen LogP contribution in [0, 0.1) is 5.92 Å². The SMILES string of the molecule is CC.OC1COCC2CC(C(F)(F)F)=CC=C2C1.